The average Bonchev–Trinajstić information content (AvgIpc) is 3.18. The fourth-order valence-electron chi connectivity index (χ4n) is 6.51. The van der Waals surface area contributed by atoms with E-state index in [1.165, 1.54) is 6.42 Å². The Morgan fingerprint density at radius 3 is 2.78 bits per heavy atom. The molecule has 10 atom stereocenters. The van der Waals surface area contributed by atoms with Gasteiger partial charge < -0.3 is 23.7 Å². The zero-order valence-electron chi connectivity index (χ0n) is 14.0. The molecule has 0 aromatic heterocycles. The molecule has 0 spiro atoms. The lowest BCUT2D eigenvalue weighted by atomic mass is 9.73. The van der Waals surface area contributed by atoms with E-state index in [-0.39, 0.29) is 25.1 Å². The van der Waals surface area contributed by atoms with Crippen LogP contribution in [0.15, 0.2) is 0 Å². The van der Waals surface area contributed by atoms with Gasteiger partial charge in [-0.2, -0.15) is 0 Å². The summed E-state index contributed by atoms with van der Waals surface area (Å²) in [7, 11) is 1.65. The van der Waals surface area contributed by atoms with Crippen LogP contribution in [0.3, 0.4) is 0 Å². The molecule has 0 radical (unpaired) electrons. The molecule has 0 amide bonds. The van der Waals surface area contributed by atoms with Crippen molar-refractivity contribution in [1.82, 2.24) is 0 Å². The van der Waals surface area contributed by atoms with Crippen molar-refractivity contribution in [3.8, 4) is 0 Å². The molecule has 5 rings (SSSR count). The Hall–Kier alpha value is 0.280. The average molecular weight is 389 g/mol. The minimum absolute atomic E-state index is 0.0466. The second-order valence-electron chi connectivity index (χ2n) is 8.29. The number of methoxy groups -OCH3 is 1. The molecule has 0 aromatic rings. The van der Waals surface area contributed by atoms with Crippen LogP contribution in [0.5, 0.6) is 0 Å². The Labute approximate surface area is 145 Å². The van der Waals surface area contributed by atoms with Crippen LogP contribution in [0.25, 0.3) is 0 Å². The van der Waals surface area contributed by atoms with Gasteiger partial charge in [-0.05, 0) is 44.9 Å². The molecule has 3 saturated carbocycles. The lowest BCUT2D eigenvalue weighted by Gasteiger charge is -2.44. The van der Waals surface area contributed by atoms with E-state index < -0.39 is 11.4 Å². The second kappa shape index (κ2) is 4.71. The number of fused-ring (bicyclic) bond motifs is 5. The van der Waals surface area contributed by atoms with Crippen molar-refractivity contribution in [1.29, 1.82) is 0 Å². The summed E-state index contributed by atoms with van der Waals surface area (Å²) in [5, 5.41) is 0. The monoisotopic (exact) mass is 388 g/mol. The molecule has 10 unspecified atom stereocenters. The molecule has 2 heterocycles. The normalized spacial score (nSPS) is 58.8. The highest BCUT2D eigenvalue weighted by molar-refractivity contribution is 9.09. The van der Waals surface area contributed by atoms with Gasteiger partial charge in [0.05, 0.1) is 18.3 Å². The van der Waals surface area contributed by atoms with Gasteiger partial charge in [0.25, 0.3) is 0 Å². The zero-order chi connectivity index (χ0) is 16.1. The van der Waals surface area contributed by atoms with Crippen LogP contribution in [0.1, 0.15) is 27.2 Å². The summed E-state index contributed by atoms with van der Waals surface area (Å²) in [6.07, 6.45) is 1.59. The third-order valence-corrected chi connectivity index (χ3v) is 8.12. The maximum Gasteiger partial charge on any atom is 0.164 e. The molecule has 5 aliphatic rings. The molecule has 0 aromatic carbocycles. The van der Waals surface area contributed by atoms with Crippen molar-refractivity contribution >= 4 is 15.9 Å². The summed E-state index contributed by atoms with van der Waals surface area (Å²) >= 11 is 3.92. The predicted octanol–water partition coefficient (Wildman–Crippen LogP) is 2.31. The van der Waals surface area contributed by atoms with Gasteiger partial charge in [-0.15, -0.1) is 0 Å². The smallest absolute Gasteiger partial charge is 0.164 e. The third-order valence-electron chi connectivity index (χ3n) is 6.92. The van der Waals surface area contributed by atoms with Crippen LogP contribution in [0.4, 0.5) is 0 Å². The van der Waals surface area contributed by atoms with E-state index in [9.17, 15) is 0 Å². The summed E-state index contributed by atoms with van der Waals surface area (Å²) in [4.78, 5) is 0.429. The number of rotatable bonds is 4. The van der Waals surface area contributed by atoms with Gasteiger partial charge in [0.1, 0.15) is 18.5 Å². The Kier molecular flexibility index (Phi) is 3.18. The van der Waals surface area contributed by atoms with E-state index in [0.29, 0.717) is 34.6 Å². The largest absolute Gasteiger partial charge is 0.370 e. The summed E-state index contributed by atoms with van der Waals surface area (Å²) in [5.74, 6) is 1.60. The number of ether oxygens (including phenoxy) is 5. The van der Waals surface area contributed by atoms with E-state index in [0.717, 1.165) is 0 Å². The van der Waals surface area contributed by atoms with Crippen molar-refractivity contribution in [2.45, 2.75) is 67.8 Å². The maximum atomic E-state index is 6.63. The first-order chi connectivity index (χ1) is 10.9. The van der Waals surface area contributed by atoms with Crippen LogP contribution in [-0.4, -0.2) is 54.5 Å². The SMILES string of the molecule is COCOC(C)C12OC(C)(C)OC1C1OC3C(Br)C4CC3C1C42. The van der Waals surface area contributed by atoms with E-state index in [4.69, 9.17) is 23.7 Å². The molecule has 5 nitrogen and oxygen atoms in total. The summed E-state index contributed by atoms with van der Waals surface area (Å²) in [6.45, 7) is 6.38. The van der Waals surface area contributed by atoms with Crippen LogP contribution < -0.4 is 0 Å². The molecule has 3 aliphatic carbocycles. The Morgan fingerprint density at radius 1 is 1.26 bits per heavy atom. The first-order valence-corrected chi connectivity index (χ1v) is 9.60. The van der Waals surface area contributed by atoms with Crippen molar-refractivity contribution in [2.75, 3.05) is 13.9 Å². The molecule has 2 aliphatic heterocycles. The fourth-order valence-corrected chi connectivity index (χ4v) is 7.57. The van der Waals surface area contributed by atoms with E-state index in [2.05, 4.69) is 22.9 Å². The van der Waals surface area contributed by atoms with Crippen LogP contribution in [0, 0.1) is 23.7 Å². The van der Waals surface area contributed by atoms with Gasteiger partial charge in [0.15, 0.2) is 5.79 Å². The first kappa shape index (κ1) is 15.5. The molecule has 23 heavy (non-hydrogen) atoms. The number of hydrogen-bond donors (Lipinski definition) is 0. The van der Waals surface area contributed by atoms with Gasteiger partial charge in [-0.1, -0.05) is 15.9 Å². The van der Waals surface area contributed by atoms with E-state index in [1.54, 1.807) is 7.11 Å². The lowest BCUT2D eigenvalue weighted by Crippen LogP contribution is -2.58. The number of halogens is 1. The topological polar surface area (TPSA) is 46.2 Å². The summed E-state index contributed by atoms with van der Waals surface area (Å²) in [5.41, 5.74) is -0.436. The predicted molar refractivity (Wildman–Crippen MR) is 85.1 cm³/mol. The zero-order valence-corrected chi connectivity index (χ0v) is 15.6. The standard InChI is InChI=1S/C17H25BrO5/c1-7(20-6-19-4)17-11-9-5-8-10(11)14(21-13(8)12(9)18)15(17)22-16(2,3)23-17/h7-15H,5-6H2,1-4H3. The molecule has 0 N–H and O–H groups in total. The highest BCUT2D eigenvalue weighted by Gasteiger charge is 2.81. The number of hydrogen-bond acceptors (Lipinski definition) is 5. The highest BCUT2D eigenvalue weighted by atomic mass is 79.9. The maximum absolute atomic E-state index is 6.63. The van der Waals surface area contributed by atoms with Gasteiger partial charge in [0.2, 0.25) is 0 Å². The van der Waals surface area contributed by atoms with Gasteiger partial charge >= 0.3 is 0 Å². The van der Waals surface area contributed by atoms with Crippen molar-refractivity contribution in [3.63, 3.8) is 0 Å². The van der Waals surface area contributed by atoms with E-state index in [1.807, 2.05) is 13.8 Å². The number of alkyl halides is 1. The highest BCUT2D eigenvalue weighted by Crippen LogP contribution is 2.72. The van der Waals surface area contributed by atoms with Crippen LogP contribution in [0.2, 0.25) is 0 Å². The van der Waals surface area contributed by atoms with Crippen molar-refractivity contribution in [3.05, 3.63) is 0 Å². The molecule has 2 saturated heterocycles. The summed E-state index contributed by atoms with van der Waals surface area (Å²) in [6, 6.07) is 0. The molecular formula is C17H25BrO5. The van der Waals surface area contributed by atoms with Gasteiger partial charge in [-0.25, -0.2) is 0 Å². The van der Waals surface area contributed by atoms with Gasteiger partial charge in [-0.3, -0.25) is 0 Å². The van der Waals surface area contributed by atoms with Gasteiger partial charge in [0, 0.05) is 17.9 Å². The molecule has 5 fully saturated rings. The van der Waals surface area contributed by atoms with Crippen LogP contribution >= 0.6 is 15.9 Å². The van der Waals surface area contributed by atoms with E-state index >= 15 is 0 Å². The molecule has 6 heteroatoms. The first-order valence-electron chi connectivity index (χ1n) is 8.69. The summed E-state index contributed by atoms with van der Waals surface area (Å²) < 4.78 is 30.6. The molecule has 130 valence electrons. The lowest BCUT2D eigenvalue weighted by molar-refractivity contribution is -0.225. The quantitative estimate of drug-likeness (QED) is 0.546. The molecular weight excluding hydrogens is 364 g/mol. The second-order valence-corrected chi connectivity index (χ2v) is 9.34. The third kappa shape index (κ3) is 1.71. The molecule has 2 bridgehead atoms. The van der Waals surface area contributed by atoms with Crippen LogP contribution in [-0.2, 0) is 23.7 Å². The van der Waals surface area contributed by atoms with Crippen molar-refractivity contribution in [2.24, 2.45) is 23.7 Å². The Morgan fingerprint density at radius 2 is 2.04 bits per heavy atom. The Bertz CT molecular complexity index is 527. The fraction of sp³-hybridized carbons (Fsp3) is 1.00. The minimum Gasteiger partial charge on any atom is -0.370 e. The van der Waals surface area contributed by atoms with Crippen molar-refractivity contribution < 1.29 is 23.7 Å². The minimum atomic E-state index is -0.601. The Balaban J connectivity index is 1.58.